The number of hydrogen-bond donors (Lipinski definition) is 0. The summed E-state index contributed by atoms with van der Waals surface area (Å²) in [4.78, 5) is 0. The van der Waals surface area contributed by atoms with Crippen molar-refractivity contribution in [2.24, 2.45) is 0 Å². The standard InChI is InChI=1S/C4HF7O3S.Na/c5-1(6)2(7)14-3(8,9)4(10,11)15(12)13;/h(H,12,13);/q;+1/p-1. The first kappa shape index (κ1) is 18.5. The zero-order chi connectivity index (χ0) is 12.4. The van der Waals surface area contributed by atoms with Gasteiger partial charge in [-0.15, -0.1) is 0 Å². The van der Waals surface area contributed by atoms with Crippen LogP contribution in [0.25, 0.3) is 0 Å². The molecule has 0 aromatic carbocycles. The van der Waals surface area contributed by atoms with Crippen molar-refractivity contribution in [1.29, 1.82) is 0 Å². The molecule has 0 fully saturated rings. The van der Waals surface area contributed by atoms with Crippen LogP contribution in [0.3, 0.4) is 0 Å². The Hall–Kier alpha value is 0.160. The smallest absolute Gasteiger partial charge is 0.768 e. The Balaban J connectivity index is 0. The minimum atomic E-state index is -5.94. The molecule has 0 saturated heterocycles. The molecule has 0 aromatic heterocycles. The molecule has 1 unspecified atom stereocenters. The van der Waals surface area contributed by atoms with Gasteiger partial charge in [0.1, 0.15) is 0 Å². The summed E-state index contributed by atoms with van der Waals surface area (Å²) in [6, 6.07) is -3.29. The average molecular weight is 284 g/mol. The molecule has 3 nitrogen and oxygen atoms in total. The molecular weight excluding hydrogens is 284 g/mol. The molecule has 0 radical (unpaired) electrons. The molecule has 0 bridgehead atoms. The van der Waals surface area contributed by atoms with Gasteiger partial charge in [-0.25, -0.2) is 0 Å². The van der Waals surface area contributed by atoms with E-state index in [-0.39, 0.29) is 29.6 Å². The molecule has 0 heterocycles. The largest absolute Gasteiger partial charge is 1.00 e. The maximum Gasteiger partial charge on any atom is 1.00 e. The first-order valence-electron chi connectivity index (χ1n) is 2.77. The van der Waals surface area contributed by atoms with E-state index in [9.17, 15) is 39.5 Å². The maximum atomic E-state index is 12.1. The van der Waals surface area contributed by atoms with Crippen LogP contribution in [0, 0.1) is 0 Å². The predicted molar refractivity (Wildman–Crippen MR) is 30.2 cm³/mol. The third-order valence-electron chi connectivity index (χ3n) is 0.915. The Morgan fingerprint density at radius 1 is 1.12 bits per heavy atom. The molecule has 90 valence electrons. The zero-order valence-electron chi connectivity index (χ0n) is 7.28. The second kappa shape index (κ2) is 6.19. The molecule has 0 aliphatic heterocycles. The molecule has 0 aromatic rings. The predicted octanol–water partition coefficient (Wildman–Crippen LogP) is -0.893. The van der Waals surface area contributed by atoms with Crippen LogP contribution in [-0.4, -0.2) is 20.1 Å². The van der Waals surface area contributed by atoms with Crippen LogP contribution in [0.4, 0.5) is 30.7 Å². The fourth-order valence-corrected chi connectivity index (χ4v) is 0.543. The Morgan fingerprint density at radius 2 is 1.50 bits per heavy atom. The van der Waals surface area contributed by atoms with Crippen LogP contribution in [0.15, 0.2) is 12.1 Å². The summed E-state index contributed by atoms with van der Waals surface area (Å²) in [6.07, 6.45) is -9.37. The van der Waals surface area contributed by atoms with Gasteiger partial charge in [0.05, 0.1) is 0 Å². The molecule has 0 rings (SSSR count). The molecule has 1 atom stereocenters. The third-order valence-corrected chi connectivity index (χ3v) is 1.57. The summed E-state index contributed by atoms with van der Waals surface area (Å²) in [5.74, 6) is 0. The number of hydrogen-bond acceptors (Lipinski definition) is 3. The van der Waals surface area contributed by atoms with Gasteiger partial charge in [0.2, 0.25) is 0 Å². The zero-order valence-corrected chi connectivity index (χ0v) is 10.1. The second-order valence-corrected chi connectivity index (χ2v) is 2.89. The van der Waals surface area contributed by atoms with Gasteiger partial charge in [0.15, 0.2) is 0 Å². The number of rotatable bonds is 4. The van der Waals surface area contributed by atoms with Crippen molar-refractivity contribution >= 4 is 11.1 Å². The first-order chi connectivity index (χ1) is 6.52. The summed E-state index contributed by atoms with van der Waals surface area (Å²) >= 11 is -4.67. The van der Waals surface area contributed by atoms with Crippen LogP contribution in [0.5, 0.6) is 0 Å². The summed E-state index contributed by atoms with van der Waals surface area (Å²) in [6.45, 7) is 0. The van der Waals surface area contributed by atoms with E-state index in [0.29, 0.717) is 0 Å². The molecular formula is C4F7NaO3S. The Labute approximate surface area is 108 Å². The van der Waals surface area contributed by atoms with E-state index >= 15 is 0 Å². The molecule has 12 heteroatoms. The first-order valence-corrected chi connectivity index (χ1v) is 3.84. The number of alkyl halides is 4. The van der Waals surface area contributed by atoms with Gasteiger partial charge in [-0.3, -0.25) is 4.21 Å². The summed E-state index contributed by atoms with van der Waals surface area (Å²) in [7, 11) is 0. The van der Waals surface area contributed by atoms with Gasteiger partial charge in [-0.1, -0.05) is 0 Å². The Bertz CT molecular complexity index is 302. The van der Waals surface area contributed by atoms with Gasteiger partial charge >= 0.3 is 53.0 Å². The van der Waals surface area contributed by atoms with E-state index in [2.05, 4.69) is 4.74 Å². The van der Waals surface area contributed by atoms with E-state index in [0.717, 1.165) is 0 Å². The van der Waals surface area contributed by atoms with Crippen LogP contribution in [0.1, 0.15) is 0 Å². The fraction of sp³-hybridized carbons (Fsp3) is 0.500. The topological polar surface area (TPSA) is 49.4 Å². The summed E-state index contributed by atoms with van der Waals surface area (Å²) < 4.78 is 104. The Morgan fingerprint density at radius 3 is 1.75 bits per heavy atom. The molecule has 0 N–H and O–H groups in total. The van der Waals surface area contributed by atoms with Gasteiger partial charge in [0, 0.05) is 11.1 Å². The molecule has 0 aliphatic rings. The van der Waals surface area contributed by atoms with Crippen LogP contribution in [0.2, 0.25) is 0 Å². The second-order valence-electron chi connectivity index (χ2n) is 1.90. The van der Waals surface area contributed by atoms with E-state index in [1.807, 2.05) is 0 Å². The third kappa shape index (κ3) is 4.20. The van der Waals surface area contributed by atoms with Crippen molar-refractivity contribution in [1.82, 2.24) is 0 Å². The molecule has 0 saturated carbocycles. The van der Waals surface area contributed by atoms with Gasteiger partial charge in [-0.05, 0) is 0 Å². The van der Waals surface area contributed by atoms with E-state index in [1.54, 1.807) is 0 Å². The summed E-state index contributed by atoms with van der Waals surface area (Å²) in [5.41, 5.74) is 0. The quantitative estimate of drug-likeness (QED) is 0.291. The average Bonchev–Trinajstić information content (AvgIpc) is 2.02. The van der Waals surface area contributed by atoms with Crippen LogP contribution in [-0.2, 0) is 15.8 Å². The van der Waals surface area contributed by atoms with Crippen molar-refractivity contribution in [2.45, 2.75) is 11.4 Å². The molecule has 0 amide bonds. The summed E-state index contributed by atoms with van der Waals surface area (Å²) in [5, 5.41) is -5.83. The molecule has 0 spiro atoms. The van der Waals surface area contributed by atoms with Gasteiger partial charge in [0.25, 0.3) is 0 Å². The van der Waals surface area contributed by atoms with E-state index in [4.69, 9.17) is 0 Å². The van der Waals surface area contributed by atoms with Gasteiger partial charge < -0.3 is 9.29 Å². The maximum absolute atomic E-state index is 12.1. The monoisotopic (exact) mass is 284 g/mol. The van der Waals surface area contributed by atoms with Crippen molar-refractivity contribution in [2.75, 3.05) is 0 Å². The molecule has 16 heavy (non-hydrogen) atoms. The van der Waals surface area contributed by atoms with Crippen molar-refractivity contribution < 1.29 is 73.8 Å². The van der Waals surface area contributed by atoms with Crippen molar-refractivity contribution in [3.8, 4) is 0 Å². The SMILES string of the molecule is O=S([O-])C(F)(F)C(F)(F)OC(F)=C(F)F.[Na+]. The Kier molecular flexibility index (Phi) is 7.17. The van der Waals surface area contributed by atoms with Crippen molar-refractivity contribution in [3.63, 3.8) is 0 Å². The van der Waals surface area contributed by atoms with Crippen molar-refractivity contribution in [3.05, 3.63) is 12.1 Å². The van der Waals surface area contributed by atoms with Crippen LogP contribution < -0.4 is 29.6 Å². The minimum Gasteiger partial charge on any atom is -0.768 e. The minimum absolute atomic E-state index is 0. The van der Waals surface area contributed by atoms with E-state index < -0.39 is 34.5 Å². The fourth-order valence-electron chi connectivity index (χ4n) is 0.308. The normalized spacial score (nSPS) is 13.8. The number of halogens is 7. The van der Waals surface area contributed by atoms with E-state index in [1.165, 1.54) is 0 Å². The van der Waals surface area contributed by atoms with Gasteiger partial charge in [-0.2, -0.15) is 30.7 Å². The van der Waals surface area contributed by atoms with Crippen LogP contribution >= 0.6 is 0 Å². The molecule has 0 aliphatic carbocycles. The number of ether oxygens (including phenoxy) is 1.